The van der Waals surface area contributed by atoms with E-state index in [0.717, 1.165) is 28.6 Å². The Morgan fingerprint density at radius 1 is 1.00 bits per heavy atom. The molecule has 29 heavy (non-hydrogen) atoms. The second-order valence-corrected chi connectivity index (χ2v) is 7.60. The fourth-order valence-electron chi connectivity index (χ4n) is 3.10. The van der Waals surface area contributed by atoms with Crippen LogP contribution in [0.2, 0.25) is 0 Å². The third-order valence-corrected chi connectivity index (χ3v) is 5.32. The van der Waals surface area contributed by atoms with Crippen LogP contribution in [0.4, 0.5) is 5.69 Å². The van der Waals surface area contributed by atoms with Crippen molar-refractivity contribution in [2.24, 2.45) is 0 Å². The first-order valence-corrected chi connectivity index (χ1v) is 10.3. The lowest BCUT2D eigenvalue weighted by Crippen LogP contribution is -2.42. The Balaban J connectivity index is 1.29. The molecule has 7 nitrogen and oxygen atoms in total. The quantitative estimate of drug-likeness (QED) is 0.342. The smallest absolute Gasteiger partial charge is 0.252 e. The molecule has 0 fully saturated rings. The van der Waals surface area contributed by atoms with Crippen molar-refractivity contribution in [3.8, 4) is 0 Å². The van der Waals surface area contributed by atoms with Gasteiger partial charge in [-0.05, 0) is 47.0 Å². The second kappa shape index (κ2) is 10.2. The van der Waals surface area contributed by atoms with E-state index in [1.165, 1.54) is 0 Å². The first-order chi connectivity index (χ1) is 14.1. The number of rotatable bonds is 9. The molecule has 0 bridgehead atoms. The summed E-state index contributed by atoms with van der Waals surface area (Å²) in [5.41, 5.74) is 7.60. The number of nitrogens with one attached hydrogen (secondary N) is 4. The number of hydrogen-bond donors (Lipinski definition) is 4. The monoisotopic (exact) mass is 458 g/mol. The van der Waals surface area contributed by atoms with Crippen molar-refractivity contribution in [1.82, 2.24) is 16.2 Å². The molecule has 1 heterocycles. The summed E-state index contributed by atoms with van der Waals surface area (Å²) in [7, 11) is 0. The van der Waals surface area contributed by atoms with Crippen molar-refractivity contribution in [2.45, 2.75) is 31.7 Å². The molecule has 0 spiro atoms. The standard InChI is InChI=1S/C21H23BrN4O3/c22-16-10-5-3-8-14(16)20(28)23-13-7-1-2-12-18(27)25-26-19-15-9-4-6-11-17(15)24-21(19)29/h3-6,8-11,19,26H,1-2,7,12-13H2,(H,23,28)(H,24,29)(H,25,27)/t19-/m0/s1. The number of para-hydroxylation sites is 1. The van der Waals surface area contributed by atoms with E-state index in [9.17, 15) is 14.4 Å². The number of halogens is 1. The first kappa shape index (κ1) is 21.0. The van der Waals surface area contributed by atoms with E-state index in [-0.39, 0.29) is 17.7 Å². The molecule has 0 radical (unpaired) electrons. The molecule has 8 heteroatoms. The summed E-state index contributed by atoms with van der Waals surface area (Å²) in [5.74, 6) is -0.471. The van der Waals surface area contributed by atoms with Gasteiger partial charge in [-0.1, -0.05) is 36.8 Å². The van der Waals surface area contributed by atoms with Crippen LogP contribution in [0.5, 0.6) is 0 Å². The average molecular weight is 459 g/mol. The van der Waals surface area contributed by atoms with Gasteiger partial charge < -0.3 is 10.6 Å². The van der Waals surface area contributed by atoms with Gasteiger partial charge in [-0.3, -0.25) is 19.8 Å². The molecule has 152 valence electrons. The molecule has 1 aliphatic heterocycles. The number of carbonyl (C=O) groups excluding carboxylic acids is 3. The van der Waals surface area contributed by atoms with E-state index in [4.69, 9.17) is 0 Å². The highest BCUT2D eigenvalue weighted by Crippen LogP contribution is 2.29. The zero-order chi connectivity index (χ0) is 20.6. The molecule has 0 aliphatic carbocycles. The van der Waals surface area contributed by atoms with Crippen LogP contribution in [-0.2, 0) is 9.59 Å². The summed E-state index contributed by atoms with van der Waals surface area (Å²) in [5, 5.41) is 5.65. The Kier molecular flexibility index (Phi) is 7.37. The van der Waals surface area contributed by atoms with E-state index in [1.54, 1.807) is 6.07 Å². The lowest BCUT2D eigenvalue weighted by molar-refractivity contribution is -0.123. The molecule has 1 aliphatic rings. The van der Waals surface area contributed by atoms with Crippen LogP contribution in [0.15, 0.2) is 53.0 Å². The van der Waals surface area contributed by atoms with Crippen molar-refractivity contribution in [1.29, 1.82) is 0 Å². The predicted octanol–water partition coefficient (Wildman–Crippen LogP) is 3.05. The Morgan fingerprint density at radius 2 is 1.76 bits per heavy atom. The lowest BCUT2D eigenvalue weighted by atomic mass is 10.1. The number of hydrazine groups is 1. The summed E-state index contributed by atoms with van der Waals surface area (Å²) < 4.78 is 0.764. The Labute approximate surface area is 177 Å². The summed E-state index contributed by atoms with van der Waals surface area (Å²) >= 11 is 3.36. The van der Waals surface area contributed by atoms with Gasteiger partial charge in [-0.25, -0.2) is 5.43 Å². The molecule has 3 rings (SSSR count). The molecule has 1 atom stereocenters. The van der Waals surface area contributed by atoms with Crippen LogP contribution in [0.1, 0.15) is 47.6 Å². The van der Waals surface area contributed by atoms with E-state index in [0.29, 0.717) is 24.9 Å². The van der Waals surface area contributed by atoms with Gasteiger partial charge in [0, 0.05) is 28.7 Å². The van der Waals surface area contributed by atoms with Crippen LogP contribution in [-0.4, -0.2) is 24.3 Å². The average Bonchev–Trinajstić information content (AvgIpc) is 3.04. The second-order valence-electron chi connectivity index (χ2n) is 6.75. The zero-order valence-electron chi connectivity index (χ0n) is 15.8. The summed E-state index contributed by atoms with van der Waals surface area (Å²) in [6.07, 6.45) is 2.65. The number of hydrogen-bond acceptors (Lipinski definition) is 4. The maximum atomic E-state index is 12.1. The van der Waals surface area contributed by atoms with Crippen molar-refractivity contribution in [2.75, 3.05) is 11.9 Å². The van der Waals surface area contributed by atoms with E-state index in [2.05, 4.69) is 37.4 Å². The minimum atomic E-state index is -0.581. The van der Waals surface area contributed by atoms with Gasteiger partial charge in [0.2, 0.25) is 11.8 Å². The minimum absolute atomic E-state index is 0.116. The number of anilines is 1. The van der Waals surface area contributed by atoms with Crippen LogP contribution in [0.25, 0.3) is 0 Å². The summed E-state index contributed by atoms with van der Waals surface area (Å²) in [6, 6.07) is 14.1. The fourth-order valence-corrected chi connectivity index (χ4v) is 3.56. The first-order valence-electron chi connectivity index (χ1n) is 9.53. The van der Waals surface area contributed by atoms with Crippen LogP contribution < -0.4 is 21.5 Å². The Morgan fingerprint density at radius 3 is 2.59 bits per heavy atom. The van der Waals surface area contributed by atoms with Gasteiger partial charge in [0.25, 0.3) is 5.91 Å². The molecule has 0 saturated carbocycles. The van der Waals surface area contributed by atoms with Gasteiger partial charge in [0.05, 0.1) is 5.56 Å². The molecule has 2 aromatic rings. The molecular weight excluding hydrogens is 436 g/mol. The molecule has 0 aromatic heterocycles. The van der Waals surface area contributed by atoms with Crippen LogP contribution in [0.3, 0.4) is 0 Å². The molecule has 4 N–H and O–H groups in total. The normalized spacial score (nSPS) is 14.8. The maximum Gasteiger partial charge on any atom is 0.252 e. The maximum absolute atomic E-state index is 12.1. The van der Waals surface area contributed by atoms with Crippen molar-refractivity contribution >= 4 is 39.3 Å². The van der Waals surface area contributed by atoms with Crippen LogP contribution in [0, 0.1) is 0 Å². The highest BCUT2D eigenvalue weighted by atomic mass is 79.9. The van der Waals surface area contributed by atoms with Gasteiger partial charge in [-0.15, -0.1) is 0 Å². The van der Waals surface area contributed by atoms with E-state index in [1.807, 2.05) is 42.5 Å². The number of carbonyl (C=O) groups is 3. The zero-order valence-corrected chi connectivity index (χ0v) is 17.4. The van der Waals surface area contributed by atoms with Gasteiger partial charge in [0.15, 0.2) is 0 Å². The number of amides is 3. The third kappa shape index (κ3) is 5.65. The summed E-state index contributed by atoms with van der Waals surface area (Å²) in [4.78, 5) is 36.1. The molecule has 0 saturated heterocycles. The highest BCUT2D eigenvalue weighted by Gasteiger charge is 2.30. The van der Waals surface area contributed by atoms with E-state index < -0.39 is 6.04 Å². The molecular formula is C21H23BrN4O3. The summed E-state index contributed by atoms with van der Waals surface area (Å²) in [6.45, 7) is 0.555. The van der Waals surface area contributed by atoms with Crippen molar-refractivity contribution in [3.05, 3.63) is 64.1 Å². The molecule has 2 aromatic carbocycles. The topological polar surface area (TPSA) is 99.3 Å². The van der Waals surface area contributed by atoms with Gasteiger partial charge >= 0.3 is 0 Å². The Bertz CT molecular complexity index is 903. The molecule has 0 unspecified atom stereocenters. The lowest BCUT2D eigenvalue weighted by Gasteiger charge is -2.12. The molecule has 3 amide bonds. The minimum Gasteiger partial charge on any atom is -0.352 e. The number of unbranched alkanes of at least 4 members (excludes halogenated alkanes) is 2. The number of fused-ring (bicyclic) bond motifs is 1. The SMILES string of the molecule is O=C(CCCCCNC(=O)c1ccccc1Br)NN[C@@H]1C(=O)Nc2ccccc21. The predicted molar refractivity (Wildman–Crippen MR) is 114 cm³/mol. The largest absolute Gasteiger partial charge is 0.352 e. The number of benzene rings is 2. The van der Waals surface area contributed by atoms with Gasteiger partial charge in [-0.2, -0.15) is 0 Å². The van der Waals surface area contributed by atoms with Crippen LogP contribution >= 0.6 is 15.9 Å². The third-order valence-electron chi connectivity index (χ3n) is 4.63. The van der Waals surface area contributed by atoms with E-state index >= 15 is 0 Å². The van der Waals surface area contributed by atoms with Gasteiger partial charge in [0.1, 0.15) is 6.04 Å². The fraction of sp³-hybridized carbons (Fsp3) is 0.286. The van der Waals surface area contributed by atoms with Crippen molar-refractivity contribution in [3.63, 3.8) is 0 Å². The van der Waals surface area contributed by atoms with Crippen molar-refractivity contribution < 1.29 is 14.4 Å². The highest BCUT2D eigenvalue weighted by molar-refractivity contribution is 9.10. The Hall–Kier alpha value is -2.71.